The van der Waals surface area contributed by atoms with Crippen molar-refractivity contribution in [1.29, 1.82) is 0 Å². The summed E-state index contributed by atoms with van der Waals surface area (Å²) >= 11 is 0. The average Bonchev–Trinajstić information content (AvgIpc) is 2.81. The van der Waals surface area contributed by atoms with Crippen LogP contribution in [-0.4, -0.2) is 11.5 Å². The van der Waals surface area contributed by atoms with E-state index in [1.54, 1.807) is 6.20 Å². The van der Waals surface area contributed by atoms with Crippen LogP contribution >= 0.6 is 0 Å². The molecule has 0 aliphatic carbocycles. The van der Waals surface area contributed by atoms with Crippen LogP contribution in [-0.2, 0) is 6.54 Å². The van der Waals surface area contributed by atoms with Crippen molar-refractivity contribution in [2.45, 2.75) is 13.5 Å². The molecule has 16 heavy (non-hydrogen) atoms. The predicted octanol–water partition coefficient (Wildman–Crippen LogP) is 2.93. The third-order valence-electron chi connectivity index (χ3n) is 2.50. The molecule has 2 aromatic rings. The zero-order valence-corrected chi connectivity index (χ0v) is 9.26. The van der Waals surface area contributed by atoms with Gasteiger partial charge in [0.2, 0.25) is 0 Å². The Balaban J connectivity index is 2.30. The highest BCUT2D eigenvalue weighted by molar-refractivity contribution is 5.61. The molecule has 0 bridgehead atoms. The number of rotatable bonds is 4. The third kappa shape index (κ3) is 2.31. The van der Waals surface area contributed by atoms with Crippen LogP contribution in [0.15, 0.2) is 36.5 Å². The van der Waals surface area contributed by atoms with Crippen LogP contribution < -0.4 is 5.32 Å². The number of H-pyrrole nitrogens is 1. The van der Waals surface area contributed by atoms with E-state index in [0.29, 0.717) is 5.56 Å². The van der Waals surface area contributed by atoms with Crippen LogP contribution in [0.2, 0.25) is 0 Å². The second kappa shape index (κ2) is 4.94. The number of hydrogen-bond acceptors (Lipinski definition) is 1. The van der Waals surface area contributed by atoms with Gasteiger partial charge in [0.05, 0.1) is 0 Å². The van der Waals surface area contributed by atoms with Crippen LogP contribution in [0, 0.1) is 5.82 Å². The maximum Gasteiger partial charge on any atom is 0.132 e. The van der Waals surface area contributed by atoms with Crippen molar-refractivity contribution >= 4 is 0 Å². The lowest BCUT2D eigenvalue weighted by Crippen LogP contribution is -2.11. The van der Waals surface area contributed by atoms with Gasteiger partial charge in [-0.05, 0) is 36.4 Å². The summed E-state index contributed by atoms with van der Waals surface area (Å²) in [6, 6.07) is 8.94. The van der Waals surface area contributed by atoms with Gasteiger partial charge in [-0.2, -0.15) is 0 Å². The van der Waals surface area contributed by atoms with Crippen LogP contribution in [0.5, 0.6) is 0 Å². The van der Waals surface area contributed by atoms with E-state index in [2.05, 4.69) is 17.2 Å². The van der Waals surface area contributed by atoms with Crippen LogP contribution in [0.4, 0.5) is 4.39 Å². The molecule has 2 nitrogen and oxygen atoms in total. The van der Waals surface area contributed by atoms with Gasteiger partial charge in [0.15, 0.2) is 0 Å². The number of nitrogens with one attached hydrogen (secondary N) is 2. The maximum absolute atomic E-state index is 13.6. The molecule has 1 heterocycles. The second-order valence-corrected chi connectivity index (χ2v) is 3.68. The second-order valence-electron chi connectivity index (χ2n) is 3.68. The summed E-state index contributed by atoms with van der Waals surface area (Å²) in [5.41, 5.74) is 2.53. The average molecular weight is 218 g/mol. The zero-order valence-electron chi connectivity index (χ0n) is 9.26. The lowest BCUT2D eigenvalue weighted by atomic mass is 10.1. The Morgan fingerprint density at radius 1 is 1.31 bits per heavy atom. The molecule has 0 fully saturated rings. The largest absolute Gasteiger partial charge is 0.361 e. The molecule has 3 heteroatoms. The normalized spacial score (nSPS) is 10.6. The molecule has 2 N–H and O–H groups in total. The summed E-state index contributed by atoms with van der Waals surface area (Å²) in [7, 11) is 0. The van der Waals surface area contributed by atoms with E-state index >= 15 is 0 Å². The summed E-state index contributed by atoms with van der Waals surface area (Å²) in [6.07, 6.45) is 1.80. The fraction of sp³-hybridized carbons (Fsp3) is 0.231. The van der Waals surface area contributed by atoms with Gasteiger partial charge in [-0.25, -0.2) is 4.39 Å². The topological polar surface area (TPSA) is 27.8 Å². The summed E-state index contributed by atoms with van der Waals surface area (Å²) < 4.78 is 13.6. The van der Waals surface area contributed by atoms with Crippen LogP contribution in [0.25, 0.3) is 11.3 Å². The molecule has 0 saturated heterocycles. The first-order valence-corrected chi connectivity index (χ1v) is 5.44. The molecule has 2 rings (SSSR count). The number of halogens is 1. The molecule has 1 aromatic carbocycles. The van der Waals surface area contributed by atoms with E-state index in [0.717, 1.165) is 24.3 Å². The standard InChI is InChI=1S/C13H15FN2/c1-2-15-9-10-5-6-12(14)11(8-10)13-4-3-7-16-13/h3-8,15-16H,2,9H2,1H3. The molecular weight excluding hydrogens is 203 g/mol. The van der Waals surface area contributed by atoms with E-state index in [9.17, 15) is 4.39 Å². The van der Waals surface area contributed by atoms with Crippen molar-refractivity contribution in [3.05, 3.63) is 47.9 Å². The molecule has 0 unspecified atom stereocenters. The Labute approximate surface area is 94.5 Å². The van der Waals surface area contributed by atoms with E-state index < -0.39 is 0 Å². The monoisotopic (exact) mass is 218 g/mol. The Hall–Kier alpha value is -1.61. The minimum absolute atomic E-state index is 0.192. The molecule has 1 aromatic heterocycles. The van der Waals surface area contributed by atoms with Gasteiger partial charge >= 0.3 is 0 Å². The first kappa shape index (κ1) is 10.9. The minimum Gasteiger partial charge on any atom is -0.361 e. The summed E-state index contributed by atoms with van der Waals surface area (Å²) in [5.74, 6) is -0.192. The lowest BCUT2D eigenvalue weighted by molar-refractivity contribution is 0.628. The summed E-state index contributed by atoms with van der Waals surface area (Å²) in [6.45, 7) is 3.73. The minimum atomic E-state index is -0.192. The molecule has 0 amide bonds. The highest BCUT2D eigenvalue weighted by atomic mass is 19.1. The summed E-state index contributed by atoms with van der Waals surface area (Å²) in [4.78, 5) is 3.02. The lowest BCUT2D eigenvalue weighted by Gasteiger charge is -2.06. The number of aromatic amines is 1. The molecule has 84 valence electrons. The smallest absolute Gasteiger partial charge is 0.132 e. The molecule has 0 spiro atoms. The van der Waals surface area contributed by atoms with Gasteiger partial charge in [0.25, 0.3) is 0 Å². The van der Waals surface area contributed by atoms with Crippen LogP contribution in [0.3, 0.4) is 0 Å². The molecular formula is C13H15FN2. The van der Waals surface area contributed by atoms with E-state index in [1.165, 1.54) is 6.07 Å². The van der Waals surface area contributed by atoms with Crippen molar-refractivity contribution in [2.24, 2.45) is 0 Å². The Kier molecular flexibility index (Phi) is 3.37. The van der Waals surface area contributed by atoms with E-state index in [4.69, 9.17) is 0 Å². The Morgan fingerprint density at radius 2 is 2.19 bits per heavy atom. The highest BCUT2D eigenvalue weighted by Gasteiger charge is 2.06. The molecule has 0 aliphatic rings. The van der Waals surface area contributed by atoms with Crippen molar-refractivity contribution in [3.63, 3.8) is 0 Å². The van der Waals surface area contributed by atoms with Crippen LogP contribution in [0.1, 0.15) is 12.5 Å². The van der Waals surface area contributed by atoms with Crippen molar-refractivity contribution in [1.82, 2.24) is 10.3 Å². The van der Waals surface area contributed by atoms with Gasteiger partial charge in [-0.1, -0.05) is 13.0 Å². The first-order chi connectivity index (χ1) is 7.81. The molecule has 0 radical (unpaired) electrons. The number of hydrogen-bond donors (Lipinski definition) is 2. The van der Waals surface area contributed by atoms with Gasteiger partial charge in [0.1, 0.15) is 5.82 Å². The predicted molar refractivity (Wildman–Crippen MR) is 63.6 cm³/mol. The Morgan fingerprint density at radius 3 is 2.88 bits per heavy atom. The molecule has 0 saturated carbocycles. The summed E-state index contributed by atoms with van der Waals surface area (Å²) in [5, 5.41) is 3.22. The molecule has 0 atom stereocenters. The fourth-order valence-electron chi connectivity index (χ4n) is 1.66. The van der Waals surface area contributed by atoms with Gasteiger partial charge < -0.3 is 10.3 Å². The van der Waals surface area contributed by atoms with Gasteiger partial charge in [0, 0.05) is 24.0 Å². The van der Waals surface area contributed by atoms with Crippen molar-refractivity contribution in [3.8, 4) is 11.3 Å². The highest BCUT2D eigenvalue weighted by Crippen LogP contribution is 2.22. The quantitative estimate of drug-likeness (QED) is 0.811. The van der Waals surface area contributed by atoms with Gasteiger partial charge in [-0.15, -0.1) is 0 Å². The van der Waals surface area contributed by atoms with Gasteiger partial charge in [-0.3, -0.25) is 0 Å². The fourth-order valence-corrected chi connectivity index (χ4v) is 1.66. The number of aromatic nitrogens is 1. The Bertz CT molecular complexity index is 449. The zero-order chi connectivity index (χ0) is 11.4. The van der Waals surface area contributed by atoms with E-state index in [-0.39, 0.29) is 5.82 Å². The van der Waals surface area contributed by atoms with Crippen molar-refractivity contribution in [2.75, 3.05) is 6.54 Å². The SMILES string of the molecule is CCNCc1ccc(F)c(-c2ccc[nH]2)c1. The van der Waals surface area contributed by atoms with E-state index in [1.807, 2.05) is 24.3 Å². The number of benzene rings is 1. The third-order valence-corrected chi connectivity index (χ3v) is 2.50. The first-order valence-electron chi connectivity index (χ1n) is 5.44. The van der Waals surface area contributed by atoms with Crippen molar-refractivity contribution < 1.29 is 4.39 Å². The molecule has 0 aliphatic heterocycles. The maximum atomic E-state index is 13.6.